The second-order valence-corrected chi connectivity index (χ2v) is 3.49. The van der Waals surface area contributed by atoms with Crippen LogP contribution in [-0.4, -0.2) is 24.8 Å². The van der Waals surface area contributed by atoms with E-state index < -0.39 is 5.97 Å². The lowest BCUT2D eigenvalue weighted by Crippen LogP contribution is -2.22. The molecule has 0 amide bonds. The Morgan fingerprint density at radius 3 is 2.46 bits per heavy atom. The maximum atomic E-state index is 10.9. The van der Waals surface area contributed by atoms with Crippen molar-refractivity contribution in [2.24, 2.45) is 11.8 Å². The van der Waals surface area contributed by atoms with Gasteiger partial charge >= 0.3 is 5.97 Å². The smallest absolute Gasteiger partial charge is 0.306 e. The highest BCUT2D eigenvalue weighted by atomic mass is 16.5. The summed E-state index contributed by atoms with van der Waals surface area (Å²) in [4.78, 5) is 10.9. The first-order chi connectivity index (χ1) is 6.13. The lowest BCUT2D eigenvalue weighted by molar-refractivity contribution is -0.144. The lowest BCUT2D eigenvalue weighted by Gasteiger charge is -2.18. The minimum Gasteiger partial charge on any atom is -0.481 e. The molecule has 13 heavy (non-hydrogen) atoms. The first kappa shape index (κ1) is 12.4. The predicted octanol–water partition coefficient (Wildman–Crippen LogP) is 2.16. The lowest BCUT2D eigenvalue weighted by atomic mass is 9.88. The summed E-state index contributed by atoms with van der Waals surface area (Å²) in [6.45, 7) is 4.64. The van der Waals surface area contributed by atoms with E-state index in [0.29, 0.717) is 6.61 Å². The zero-order valence-electron chi connectivity index (χ0n) is 8.75. The van der Waals surface area contributed by atoms with Crippen molar-refractivity contribution in [1.82, 2.24) is 0 Å². The number of hydrogen-bond acceptors (Lipinski definition) is 2. The van der Waals surface area contributed by atoms with Gasteiger partial charge in [0.25, 0.3) is 0 Å². The van der Waals surface area contributed by atoms with Gasteiger partial charge in [0.15, 0.2) is 0 Å². The Bertz CT molecular complexity index is 145. The average molecular weight is 188 g/mol. The average Bonchev–Trinajstić information content (AvgIpc) is 2.09. The molecule has 0 rings (SSSR count). The highest BCUT2D eigenvalue weighted by molar-refractivity contribution is 5.70. The molecule has 0 bridgehead atoms. The molecule has 0 aliphatic heterocycles. The van der Waals surface area contributed by atoms with Gasteiger partial charge in [-0.2, -0.15) is 0 Å². The molecule has 0 aromatic carbocycles. The van der Waals surface area contributed by atoms with E-state index in [1.54, 1.807) is 7.11 Å². The van der Waals surface area contributed by atoms with Gasteiger partial charge in [-0.1, -0.05) is 20.3 Å². The van der Waals surface area contributed by atoms with Crippen LogP contribution in [0.5, 0.6) is 0 Å². The summed E-state index contributed by atoms with van der Waals surface area (Å²) in [6.07, 6.45) is 2.52. The minimum absolute atomic E-state index is 0.206. The van der Waals surface area contributed by atoms with Crippen LogP contribution in [0.2, 0.25) is 0 Å². The molecule has 0 fully saturated rings. The molecule has 1 N–H and O–H groups in total. The summed E-state index contributed by atoms with van der Waals surface area (Å²) in [5, 5.41) is 8.93. The monoisotopic (exact) mass is 188 g/mol. The SMILES string of the molecule is CCCC(C(=O)O)C(C)CCOC. The Morgan fingerprint density at radius 1 is 1.46 bits per heavy atom. The number of aliphatic carboxylic acids is 1. The molecule has 0 aliphatic rings. The molecule has 0 saturated carbocycles. The van der Waals surface area contributed by atoms with Crippen molar-refractivity contribution in [2.75, 3.05) is 13.7 Å². The topological polar surface area (TPSA) is 46.5 Å². The van der Waals surface area contributed by atoms with Crippen molar-refractivity contribution in [1.29, 1.82) is 0 Å². The van der Waals surface area contributed by atoms with Gasteiger partial charge in [-0.25, -0.2) is 0 Å². The van der Waals surface area contributed by atoms with E-state index in [9.17, 15) is 4.79 Å². The summed E-state index contributed by atoms with van der Waals surface area (Å²) >= 11 is 0. The van der Waals surface area contributed by atoms with Crippen LogP contribution in [0.4, 0.5) is 0 Å². The van der Waals surface area contributed by atoms with Crippen LogP contribution in [0.15, 0.2) is 0 Å². The molecule has 0 aromatic heterocycles. The number of rotatable bonds is 7. The molecule has 0 aliphatic carbocycles. The second kappa shape index (κ2) is 6.89. The molecule has 0 saturated heterocycles. The molecule has 2 unspecified atom stereocenters. The fourth-order valence-electron chi connectivity index (χ4n) is 1.47. The molecular weight excluding hydrogens is 168 g/mol. The van der Waals surface area contributed by atoms with Gasteiger partial charge in [0, 0.05) is 13.7 Å². The zero-order valence-corrected chi connectivity index (χ0v) is 8.75. The predicted molar refractivity (Wildman–Crippen MR) is 51.7 cm³/mol. The standard InChI is InChI=1S/C10H20O3/c1-4-5-9(10(11)12)8(2)6-7-13-3/h8-9H,4-7H2,1-3H3,(H,11,12). The van der Waals surface area contributed by atoms with Crippen LogP contribution in [0.25, 0.3) is 0 Å². The molecule has 3 nitrogen and oxygen atoms in total. The molecule has 0 heterocycles. The van der Waals surface area contributed by atoms with Crippen LogP contribution in [0, 0.1) is 11.8 Å². The summed E-state index contributed by atoms with van der Waals surface area (Å²) < 4.78 is 4.93. The zero-order chi connectivity index (χ0) is 10.3. The minimum atomic E-state index is -0.676. The van der Waals surface area contributed by atoms with E-state index in [4.69, 9.17) is 9.84 Å². The first-order valence-electron chi connectivity index (χ1n) is 4.85. The number of carbonyl (C=O) groups is 1. The molecular formula is C10H20O3. The Morgan fingerprint density at radius 2 is 2.08 bits per heavy atom. The van der Waals surface area contributed by atoms with Crippen molar-refractivity contribution in [2.45, 2.75) is 33.1 Å². The van der Waals surface area contributed by atoms with Crippen molar-refractivity contribution in [3.8, 4) is 0 Å². The van der Waals surface area contributed by atoms with Gasteiger partial charge in [-0.3, -0.25) is 4.79 Å². The van der Waals surface area contributed by atoms with Gasteiger partial charge in [-0.15, -0.1) is 0 Å². The summed E-state index contributed by atoms with van der Waals surface area (Å²) in [6, 6.07) is 0. The van der Waals surface area contributed by atoms with E-state index in [1.165, 1.54) is 0 Å². The quantitative estimate of drug-likeness (QED) is 0.666. The number of ether oxygens (including phenoxy) is 1. The maximum absolute atomic E-state index is 10.9. The fraction of sp³-hybridized carbons (Fsp3) is 0.900. The Labute approximate surface area is 80.1 Å². The normalized spacial score (nSPS) is 15.3. The molecule has 2 atom stereocenters. The molecule has 78 valence electrons. The van der Waals surface area contributed by atoms with Gasteiger partial charge in [-0.05, 0) is 18.8 Å². The maximum Gasteiger partial charge on any atom is 0.306 e. The van der Waals surface area contributed by atoms with Crippen molar-refractivity contribution in [3.05, 3.63) is 0 Å². The Balaban J connectivity index is 3.95. The van der Waals surface area contributed by atoms with Crippen LogP contribution in [-0.2, 0) is 9.53 Å². The molecule has 0 spiro atoms. The summed E-state index contributed by atoms with van der Waals surface area (Å²) in [7, 11) is 1.64. The van der Waals surface area contributed by atoms with Crippen molar-refractivity contribution >= 4 is 5.97 Å². The number of carboxylic acid groups (broad SMARTS) is 1. The van der Waals surface area contributed by atoms with Crippen molar-refractivity contribution < 1.29 is 14.6 Å². The van der Waals surface area contributed by atoms with E-state index >= 15 is 0 Å². The van der Waals surface area contributed by atoms with Gasteiger partial charge in [0.05, 0.1) is 5.92 Å². The molecule has 0 radical (unpaired) electrons. The van der Waals surface area contributed by atoms with Crippen LogP contribution < -0.4 is 0 Å². The third kappa shape index (κ3) is 4.88. The summed E-state index contributed by atoms with van der Waals surface area (Å²) in [5.41, 5.74) is 0. The number of hydrogen-bond donors (Lipinski definition) is 1. The first-order valence-corrected chi connectivity index (χ1v) is 4.85. The van der Waals surface area contributed by atoms with E-state index in [1.807, 2.05) is 13.8 Å². The van der Waals surface area contributed by atoms with E-state index in [-0.39, 0.29) is 11.8 Å². The van der Waals surface area contributed by atoms with Gasteiger partial charge < -0.3 is 9.84 Å². The third-order valence-electron chi connectivity index (χ3n) is 2.38. The van der Waals surface area contributed by atoms with Gasteiger partial charge in [0.1, 0.15) is 0 Å². The fourth-order valence-corrected chi connectivity index (χ4v) is 1.47. The summed E-state index contributed by atoms with van der Waals surface area (Å²) in [5.74, 6) is -0.678. The second-order valence-electron chi connectivity index (χ2n) is 3.49. The molecule has 3 heteroatoms. The van der Waals surface area contributed by atoms with Crippen LogP contribution in [0.3, 0.4) is 0 Å². The Hall–Kier alpha value is -0.570. The van der Waals surface area contributed by atoms with Crippen LogP contribution in [0.1, 0.15) is 33.1 Å². The Kier molecular flexibility index (Phi) is 6.59. The third-order valence-corrected chi connectivity index (χ3v) is 2.38. The number of methoxy groups -OCH3 is 1. The van der Waals surface area contributed by atoms with Crippen LogP contribution >= 0.6 is 0 Å². The molecule has 0 aromatic rings. The highest BCUT2D eigenvalue weighted by Gasteiger charge is 2.22. The largest absolute Gasteiger partial charge is 0.481 e. The van der Waals surface area contributed by atoms with Gasteiger partial charge in [0.2, 0.25) is 0 Å². The van der Waals surface area contributed by atoms with E-state index in [0.717, 1.165) is 19.3 Å². The number of carboxylic acids is 1. The van der Waals surface area contributed by atoms with Crippen molar-refractivity contribution in [3.63, 3.8) is 0 Å². The highest BCUT2D eigenvalue weighted by Crippen LogP contribution is 2.20. The van der Waals surface area contributed by atoms with E-state index in [2.05, 4.69) is 0 Å².